The van der Waals surface area contributed by atoms with Crippen LogP contribution in [0.15, 0.2) is 68.3 Å². The Labute approximate surface area is 223 Å². The largest absolute Gasteiger partial charge is 0.442 e. The van der Waals surface area contributed by atoms with Crippen LogP contribution >= 0.6 is 31.9 Å². The number of benzene rings is 2. The number of anilines is 3. The summed E-state index contributed by atoms with van der Waals surface area (Å²) >= 11 is 6.80. The zero-order valence-corrected chi connectivity index (χ0v) is 22.6. The molecular weight excluding hydrogens is 597 g/mol. The number of carbonyl (C=O) groups excluding carboxylic acids is 2. The second-order valence-corrected chi connectivity index (χ2v) is 10.1. The minimum Gasteiger partial charge on any atom is -0.442 e. The summed E-state index contributed by atoms with van der Waals surface area (Å²) in [6.45, 7) is 3.71. The molecule has 0 radical (unpaired) electrons. The second-order valence-electron chi connectivity index (χ2n) is 8.35. The van der Waals surface area contributed by atoms with Crippen molar-refractivity contribution in [3.63, 3.8) is 0 Å². The van der Waals surface area contributed by atoms with Crippen LogP contribution < -0.4 is 21.0 Å². The highest BCUT2D eigenvalue weighted by Gasteiger charge is 2.32. The van der Waals surface area contributed by atoms with Gasteiger partial charge in [-0.1, -0.05) is 29.8 Å². The van der Waals surface area contributed by atoms with E-state index in [1.165, 1.54) is 24.0 Å². The maximum absolute atomic E-state index is 15.1. The maximum atomic E-state index is 15.1. The van der Waals surface area contributed by atoms with Crippen LogP contribution in [0.3, 0.4) is 0 Å². The van der Waals surface area contributed by atoms with E-state index >= 15 is 4.39 Å². The van der Waals surface area contributed by atoms with Crippen molar-refractivity contribution in [2.24, 2.45) is 0 Å². The zero-order valence-electron chi connectivity index (χ0n) is 19.4. The molecule has 0 aromatic heterocycles. The predicted molar refractivity (Wildman–Crippen MR) is 144 cm³/mol. The molecule has 1 aliphatic rings. The maximum Gasteiger partial charge on any atom is 0.414 e. The van der Waals surface area contributed by atoms with E-state index in [0.717, 1.165) is 16.7 Å². The summed E-state index contributed by atoms with van der Waals surface area (Å²) in [6.07, 6.45) is -1.16. The number of nitrogens with one attached hydrogen (secondary N) is 2. The van der Waals surface area contributed by atoms with Gasteiger partial charge in [-0.15, -0.1) is 0 Å². The Balaban J connectivity index is 1.59. The highest BCUT2D eigenvalue weighted by molar-refractivity contribution is 9.11. The molecule has 3 aromatic carbocycles. The van der Waals surface area contributed by atoms with Crippen molar-refractivity contribution in [3.8, 4) is 11.1 Å². The normalized spacial score (nSPS) is 15.0. The molecule has 7 nitrogen and oxygen atoms in total. The molecular formula is C26H22Br2FN3O4. The average molecular weight is 619 g/mol. The van der Waals surface area contributed by atoms with Gasteiger partial charge in [0.05, 0.1) is 28.9 Å². The Hall–Kier alpha value is -3.24. The highest BCUT2D eigenvalue weighted by Crippen LogP contribution is 2.32. The number of halogens is 3. The summed E-state index contributed by atoms with van der Waals surface area (Å²) < 4.78 is 21.1. The molecule has 36 heavy (non-hydrogen) atoms. The van der Waals surface area contributed by atoms with E-state index in [9.17, 15) is 14.4 Å². The van der Waals surface area contributed by atoms with Gasteiger partial charge >= 0.3 is 6.09 Å². The lowest BCUT2D eigenvalue weighted by Gasteiger charge is -2.15. The second kappa shape index (κ2) is 10.8. The zero-order chi connectivity index (χ0) is 26.0. The van der Waals surface area contributed by atoms with E-state index in [0.29, 0.717) is 14.6 Å². The van der Waals surface area contributed by atoms with Crippen LogP contribution in [0.4, 0.5) is 26.2 Å². The van der Waals surface area contributed by atoms with Gasteiger partial charge in [-0.3, -0.25) is 14.5 Å². The fourth-order valence-electron chi connectivity index (χ4n) is 3.71. The molecule has 0 aliphatic carbocycles. The number of rotatable bonds is 6. The number of ether oxygens (including phenoxy) is 1. The van der Waals surface area contributed by atoms with Crippen molar-refractivity contribution in [1.82, 2.24) is 5.32 Å². The Morgan fingerprint density at radius 2 is 1.75 bits per heavy atom. The number of cyclic esters (lactones) is 1. The van der Waals surface area contributed by atoms with Crippen LogP contribution in [-0.4, -0.2) is 31.2 Å². The Bertz CT molecular complexity index is 1400. The lowest BCUT2D eigenvalue weighted by molar-refractivity contribution is -0.119. The number of nitrogens with zero attached hydrogens (tertiary/aromatic N) is 1. The van der Waals surface area contributed by atoms with Gasteiger partial charge in [0.1, 0.15) is 17.6 Å². The van der Waals surface area contributed by atoms with Gasteiger partial charge in [0.2, 0.25) is 11.3 Å². The number of hydrogen-bond acceptors (Lipinski definition) is 5. The SMILES string of the molecule is CC(=O)NC[C@H]1CN(c2ccc(Nc3c(Br)cc(-c4ccc(C)cc4)cc(Br)c3=O)c(F)c2)C(=O)O1. The summed E-state index contributed by atoms with van der Waals surface area (Å²) in [5.41, 5.74) is 3.01. The summed E-state index contributed by atoms with van der Waals surface area (Å²) in [4.78, 5) is 37.7. The van der Waals surface area contributed by atoms with Crippen molar-refractivity contribution < 1.29 is 18.7 Å². The van der Waals surface area contributed by atoms with Gasteiger partial charge in [0.15, 0.2) is 0 Å². The molecule has 0 saturated carbocycles. The van der Waals surface area contributed by atoms with E-state index in [1.54, 1.807) is 18.2 Å². The molecule has 1 aliphatic heterocycles. The molecule has 1 heterocycles. The highest BCUT2D eigenvalue weighted by atomic mass is 79.9. The van der Waals surface area contributed by atoms with E-state index in [-0.39, 0.29) is 35.8 Å². The number of amides is 2. The van der Waals surface area contributed by atoms with Crippen LogP contribution in [0.2, 0.25) is 0 Å². The van der Waals surface area contributed by atoms with Crippen molar-refractivity contribution in [3.05, 3.63) is 85.1 Å². The lowest BCUT2D eigenvalue weighted by Crippen LogP contribution is -2.33. The van der Waals surface area contributed by atoms with Gasteiger partial charge in [0.25, 0.3) is 0 Å². The minimum absolute atomic E-state index is 0.0638. The van der Waals surface area contributed by atoms with Gasteiger partial charge in [0, 0.05) is 11.4 Å². The monoisotopic (exact) mass is 617 g/mol. The fraction of sp³-hybridized carbons (Fsp3) is 0.192. The summed E-state index contributed by atoms with van der Waals surface area (Å²) in [7, 11) is 0. The van der Waals surface area contributed by atoms with Crippen LogP contribution in [0.25, 0.3) is 11.1 Å². The number of hydrogen-bond donors (Lipinski definition) is 2. The van der Waals surface area contributed by atoms with E-state index in [4.69, 9.17) is 4.74 Å². The summed E-state index contributed by atoms with van der Waals surface area (Å²) in [6, 6.07) is 15.6. The average Bonchev–Trinajstić information content (AvgIpc) is 3.17. The summed E-state index contributed by atoms with van der Waals surface area (Å²) in [5, 5.41) is 5.48. The van der Waals surface area contributed by atoms with Gasteiger partial charge in [-0.05, 0) is 80.2 Å². The first-order chi connectivity index (χ1) is 17.1. The molecule has 1 atom stereocenters. The summed E-state index contributed by atoms with van der Waals surface area (Å²) in [5.74, 6) is -0.889. The van der Waals surface area contributed by atoms with E-state index < -0.39 is 18.0 Å². The van der Waals surface area contributed by atoms with Crippen LogP contribution in [-0.2, 0) is 9.53 Å². The number of carbonyl (C=O) groups is 2. The van der Waals surface area contributed by atoms with Crippen LogP contribution in [0.1, 0.15) is 12.5 Å². The third kappa shape index (κ3) is 5.76. The molecule has 10 heteroatoms. The van der Waals surface area contributed by atoms with Crippen molar-refractivity contribution in [2.45, 2.75) is 20.0 Å². The molecule has 1 saturated heterocycles. The van der Waals surface area contributed by atoms with Gasteiger partial charge in [-0.2, -0.15) is 0 Å². The predicted octanol–water partition coefficient (Wildman–Crippen LogP) is 5.89. The third-order valence-electron chi connectivity index (χ3n) is 5.61. The van der Waals surface area contributed by atoms with E-state index in [1.807, 2.05) is 31.2 Å². The van der Waals surface area contributed by atoms with Crippen LogP contribution in [0.5, 0.6) is 0 Å². The Kier molecular flexibility index (Phi) is 7.75. The molecule has 3 aromatic rings. The molecule has 4 rings (SSSR count). The molecule has 2 N–H and O–H groups in total. The molecule has 0 spiro atoms. The van der Waals surface area contributed by atoms with Gasteiger partial charge < -0.3 is 15.4 Å². The Morgan fingerprint density at radius 1 is 1.06 bits per heavy atom. The first kappa shape index (κ1) is 25.8. The molecule has 0 unspecified atom stereocenters. The fourth-order valence-corrected chi connectivity index (χ4v) is 4.68. The molecule has 1 fully saturated rings. The molecule has 0 bridgehead atoms. The van der Waals surface area contributed by atoms with Crippen molar-refractivity contribution >= 4 is 60.9 Å². The lowest BCUT2D eigenvalue weighted by atomic mass is 10.1. The minimum atomic E-state index is -0.654. The smallest absolute Gasteiger partial charge is 0.414 e. The van der Waals surface area contributed by atoms with E-state index in [2.05, 4.69) is 42.5 Å². The third-order valence-corrected chi connectivity index (χ3v) is 6.82. The topological polar surface area (TPSA) is 87.7 Å². The van der Waals surface area contributed by atoms with Crippen molar-refractivity contribution in [2.75, 3.05) is 23.3 Å². The molecule has 2 amide bonds. The quantitative estimate of drug-likeness (QED) is 0.360. The Morgan fingerprint density at radius 3 is 2.42 bits per heavy atom. The van der Waals surface area contributed by atoms with Gasteiger partial charge in [-0.25, -0.2) is 9.18 Å². The number of aryl methyl sites for hydroxylation is 1. The standard InChI is InChI=1S/C26H22Br2FN3O4/c1-14-3-5-16(6-4-14)17-9-20(27)24(25(34)21(28)10-17)31-23-8-7-18(11-22(23)29)32-13-19(36-26(32)35)12-30-15(2)33/h3-11,19H,12-13H2,1-2H3,(H,30,33)(H,31,34)/t19-/m0/s1. The first-order valence-electron chi connectivity index (χ1n) is 11.0. The molecule has 186 valence electrons. The van der Waals surface area contributed by atoms with Crippen molar-refractivity contribution in [1.29, 1.82) is 0 Å². The first-order valence-corrected chi connectivity index (χ1v) is 12.6. The van der Waals surface area contributed by atoms with Crippen LogP contribution in [0, 0.1) is 12.7 Å².